The Kier molecular flexibility index (Phi) is 3.77. The molecule has 19 heavy (non-hydrogen) atoms. The molecule has 1 unspecified atom stereocenters. The normalized spacial score (nSPS) is 16.9. The van der Waals surface area contributed by atoms with Gasteiger partial charge >= 0.3 is 0 Å². The van der Waals surface area contributed by atoms with Crippen LogP contribution in [0.4, 0.5) is 0 Å². The summed E-state index contributed by atoms with van der Waals surface area (Å²) < 4.78 is 2.14. The number of hydrogen-bond acceptors (Lipinski definition) is 4. The van der Waals surface area contributed by atoms with Gasteiger partial charge in [-0.2, -0.15) is 0 Å². The highest BCUT2D eigenvalue weighted by Crippen LogP contribution is 2.28. The van der Waals surface area contributed by atoms with Gasteiger partial charge in [-0.05, 0) is 25.0 Å². The van der Waals surface area contributed by atoms with Crippen LogP contribution in [-0.4, -0.2) is 32.4 Å². The number of rotatable bonds is 6. The lowest BCUT2D eigenvalue weighted by Gasteiger charge is -2.08. The summed E-state index contributed by atoms with van der Waals surface area (Å²) in [5, 5.41) is 14.0. The first-order chi connectivity index (χ1) is 9.28. The van der Waals surface area contributed by atoms with Crippen molar-refractivity contribution in [3.05, 3.63) is 30.1 Å². The summed E-state index contributed by atoms with van der Waals surface area (Å²) in [6, 6.07) is 6.74. The molecule has 2 N–H and O–H groups in total. The molecular formula is C14H19N3OS. The number of aliphatic hydroxyl groups is 1. The predicted molar refractivity (Wildman–Crippen MR) is 77.5 cm³/mol. The fraction of sp³-hybridized carbons (Fsp3) is 0.500. The summed E-state index contributed by atoms with van der Waals surface area (Å²) in [5.41, 5.74) is 2.18. The Morgan fingerprint density at radius 2 is 2.37 bits per heavy atom. The van der Waals surface area contributed by atoms with Crippen molar-refractivity contribution in [1.29, 1.82) is 0 Å². The summed E-state index contributed by atoms with van der Waals surface area (Å²) in [6.07, 6.45) is 4.62. The van der Waals surface area contributed by atoms with Gasteiger partial charge in [0.1, 0.15) is 10.7 Å². The molecule has 0 spiro atoms. The molecular weight excluding hydrogens is 258 g/mol. The van der Waals surface area contributed by atoms with Crippen molar-refractivity contribution >= 4 is 17.4 Å². The van der Waals surface area contributed by atoms with Crippen LogP contribution < -0.4 is 5.32 Å². The minimum absolute atomic E-state index is 0.171. The average Bonchev–Trinajstić information content (AvgIpc) is 3.19. The first-order valence-electron chi connectivity index (χ1n) is 6.75. The lowest BCUT2D eigenvalue weighted by Crippen LogP contribution is -2.17. The summed E-state index contributed by atoms with van der Waals surface area (Å²) in [5.74, 6) is 0. The van der Waals surface area contributed by atoms with Crippen molar-refractivity contribution in [2.45, 2.75) is 42.6 Å². The van der Waals surface area contributed by atoms with Crippen molar-refractivity contribution in [2.75, 3.05) is 6.61 Å². The Bertz CT molecular complexity index is 565. The first kappa shape index (κ1) is 13.0. The van der Waals surface area contributed by atoms with Crippen molar-refractivity contribution in [3.63, 3.8) is 0 Å². The second-order valence-electron chi connectivity index (χ2n) is 5.06. The fourth-order valence-corrected chi connectivity index (χ4v) is 2.94. The van der Waals surface area contributed by atoms with Crippen LogP contribution in [0.15, 0.2) is 29.4 Å². The topological polar surface area (TPSA) is 49.6 Å². The van der Waals surface area contributed by atoms with E-state index in [0.29, 0.717) is 6.04 Å². The van der Waals surface area contributed by atoms with E-state index in [1.165, 1.54) is 18.5 Å². The molecule has 5 heteroatoms. The Hall–Kier alpha value is -1.04. The molecule has 0 aromatic carbocycles. The summed E-state index contributed by atoms with van der Waals surface area (Å²) >= 11 is 1.65. The number of nitrogens with one attached hydrogen (secondary N) is 1. The molecule has 4 nitrogen and oxygen atoms in total. The zero-order chi connectivity index (χ0) is 13.2. The van der Waals surface area contributed by atoms with Crippen LogP contribution in [0.25, 0.3) is 5.65 Å². The van der Waals surface area contributed by atoms with Gasteiger partial charge in [-0.1, -0.05) is 24.8 Å². The third-order valence-electron chi connectivity index (χ3n) is 3.30. The minimum atomic E-state index is 0.171. The van der Waals surface area contributed by atoms with Gasteiger partial charge in [-0.3, -0.25) is 0 Å². The largest absolute Gasteiger partial charge is 0.395 e. The number of imidazole rings is 1. The highest BCUT2D eigenvalue weighted by atomic mass is 32.2. The Labute approximate surface area is 117 Å². The second kappa shape index (κ2) is 5.53. The lowest BCUT2D eigenvalue weighted by molar-refractivity contribution is 0.300. The van der Waals surface area contributed by atoms with Crippen LogP contribution in [0.1, 0.15) is 25.5 Å². The maximum Gasteiger partial charge on any atom is 0.138 e. The molecule has 1 atom stereocenters. The third-order valence-corrected chi connectivity index (χ3v) is 4.40. The Morgan fingerprint density at radius 3 is 3.11 bits per heavy atom. The second-order valence-corrected chi connectivity index (χ2v) is 6.49. The number of hydrogen-bond donors (Lipinski definition) is 2. The monoisotopic (exact) mass is 277 g/mol. The molecule has 0 radical (unpaired) electrons. The van der Waals surface area contributed by atoms with E-state index in [0.717, 1.165) is 17.2 Å². The van der Waals surface area contributed by atoms with Gasteiger partial charge in [-0.25, -0.2) is 4.98 Å². The van der Waals surface area contributed by atoms with E-state index >= 15 is 0 Å². The van der Waals surface area contributed by atoms with E-state index in [1.54, 1.807) is 11.8 Å². The van der Waals surface area contributed by atoms with Gasteiger partial charge in [0.2, 0.25) is 0 Å². The first-order valence-corrected chi connectivity index (χ1v) is 7.62. The molecule has 2 aromatic rings. The number of fused-ring (bicyclic) bond motifs is 1. The van der Waals surface area contributed by atoms with Gasteiger partial charge in [0.05, 0.1) is 12.3 Å². The minimum Gasteiger partial charge on any atom is -0.395 e. The van der Waals surface area contributed by atoms with Crippen LogP contribution in [0, 0.1) is 0 Å². The molecule has 1 aliphatic rings. The van der Waals surface area contributed by atoms with E-state index < -0.39 is 0 Å². The Balaban J connectivity index is 1.90. The number of aromatic nitrogens is 2. The quantitative estimate of drug-likeness (QED) is 0.794. The van der Waals surface area contributed by atoms with E-state index in [-0.39, 0.29) is 11.9 Å². The zero-order valence-corrected chi connectivity index (χ0v) is 11.9. The molecule has 2 heterocycles. The van der Waals surface area contributed by atoms with E-state index in [2.05, 4.69) is 20.9 Å². The van der Waals surface area contributed by atoms with Gasteiger partial charge in [0.15, 0.2) is 0 Å². The Morgan fingerprint density at radius 1 is 1.53 bits per heavy atom. The highest BCUT2D eigenvalue weighted by Gasteiger charge is 2.22. The zero-order valence-electron chi connectivity index (χ0n) is 11.0. The molecule has 0 amide bonds. The van der Waals surface area contributed by atoms with E-state index in [4.69, 9.17) is 0 Å². The molecule has 1 saturated carbocycles. The SMILES string of the molecule is CC(CO)Sc1nc2ccccn2c1CNC1CC1. The molecule has 0 aliphatic heterocycles. The van der Waals surface area contributed by atoms with Crippen molar-refractivity contribution in [2.24, 2.45) is 0 Å². The van der Waals surface area contributed by atoms with Crippen LogP contribution in [-0.2, 0) is 6.54 Å². The van der Waals surface area contributed by atoms with Crippen molar-refractivity contribution < 1.29 is 5.11 Å². The number of nitrogens with zero attached hydrogens (tertiary/aromatic N) is 2. The molecule has 0 saturated heterocycles. The molecule has 1 aliphatic carbocycles. The van der Waals surface area contributed by atoms with E-state index in [9.17, 15) is 5.11 Å². The van der Waals surface area contributed by atoms with E-state index in [1.807, 2.05) is 25.1 Å². The number of pyridine rings is 1. The maximum atomic E-state index is 9.22. The lowest BCUT2D eigenvalue weighted by atomic mass is 10.4. The standard InChI is InChI=1S/C14H19N3OS/c1-10(9-18)19-14-12(8-15-11-5-6-11)17-7-3-2-4-13(17)16-14/h2-4,7,10-11,15,18H,5-6,8-9H2,1H3. The molecule has 2 aromatic heterocycles. The average molecular weight is 277 g/mol. The summed E-state index contributed by atoms with van der Waals surface area (Å²) in [4.78, 5) is 4.67. The highest BCUT2D eigenvalue weighted by molar-refractivity contribution is 7.99. The van der Waals surface area contributed by atoms with Gasteiger partial charge in [0.25, 0.3) is 0 Å². The van der Waals surface area contributed by atoms with Crippen LogP contribution in [0.2, 0.25) is 0 Å². The van der Waals surface area contributed by atoms with Crippen LogP contribution >= 0.6 is 11.8 Å². The third kappa shape index (κ3) is 2.94. The smallest absolute Gasteiger partial charge is 0.138 e. The van der Waals surface area contributed by atoms with Gasteiger partial charge in [-0.15, -0.1) is 0 Å². The summed E-state index contributed by atoms with van der Waals surface area (Å²) in [7, 11) is 0. The maximum absolute atomic E-state index is 9.22. The predicted octanol–water partition coefficient (Wildman–Crippen LogP) is 2.06. The number of thioether (sulfide) groups is 1. The molecule has 1 fully saturated rings. The van der Waals surface area contributed by atoms with Crippen LogP contribution in [0.3, 0.4) is 0 Å². The summed E-state index contributed by atoms with van der Waals surface area (Å²) in [6.45, 7) is 3.04. The fourth-order valence-electron chi connectivity index (χ4n) is 2.04. The van der Waals surface area contributed by atoms with Crippen LogP contribution in [0.5, 0.6) is 0 Å². The number of aliphatic hydroxyl groups excluding tert-OH is 1. The molecule has 102 valence electrons. The van der Waals surface area contributed by atoms with Gasteiger partial charge < -0.3 is 14.8 Å². The molecule has 0 bridgehead atoms. The van der Waals surface area contributed by atoms with Gasteiger partial charge in [0, 0.05) is 24.0 Å². The van der Waals surface area contributed by atoms with Crippen molar-refractivity contribution in [1.82, 2.24) is 14.7 Å². The molecule has 3 rings (SSSR count). The van der Waals surface area contributed by atoms with Crippen molar-refractivity contribution in [3.8, 4) is 0 Å².